The zero-order valence-electron chi connectivity index (χ0n) is 15.6. The lowest BCUT2D eigenvalue weighted by Gasteiger charge is -2.33. The molecular weight excluding hydrogens is 334 g/mol. The van der Waals surface area contributed by atoms with Crippen LogP contribution in [0, 0.1) is 0 Å². The Balaban J connectivity index is 1.33. The maximum Gasteiger partial charge on any atom is 0.277 e. The van der Waals surface area contributed by atoms with Crippen LogP contribution in [0.25, 0.3) is 0 Å². The van der Waals surface area contributed by atoms with Crippen LogP contribution in [0.3, 0.4) is 0 Å². The standard InChI is InChI=1S/C18H27N5O3/c1-13-10-21(11-17(24)22-7-5-20(2)6-8-22)12-23(13)18(25)15-9-16(26-19-15)14-3-4-14/h9,13-14H,3-8,10-12H2,1-2H3. The number of piperazine rings is 1. The van der Waals surface area contributed by atoms with Crippen LogP contribution in [0.15, 0.2) is 10.6 Å². The largest absolute Gasteiger partial charge is 0.360 e. The molecule has 1 aromatic heterocycles. The van der Waals surface area contributed by atoms with Gasteiger partial charge < -0.3 is 19.2 Å². The van der Waals surface area contributed by atoms with Gasteiger partial charge in [0.25, 0.3) is 5.91 Å². The van der Waals surface area contributed by atoms with Crippen molar-refractivity contribution in [1.82, 2.24) is 24.8 Å². The van der Waals surface area contributed by atoms with Gasteiger partial charge in [0, 0.05) is 50.7 Å². The molecule has 3 heterocycles. The molecule has 3 fully saturated rings. The van der Waals surface area contributed by atoms with Crippen LogP contribution in [0.2, 0.25) is 0 Å². The third-order valence-electron chi connectivity index (χ3n) is 5.61. The average Bonchev–Trinajstić information content (AvgIpc) is 3.24. The molecule has 26 heavy (non-hydrogen) atoms. The fourth-order valence-electron chi connectivity index (χ4n) is 3.71. The SMILES string of the molecule is CC1CN(CC(=O)N2CCN(C)CC2)CN1C(=O)c1cc(C2CC2)on1. The van der Waals surface area contributed by atoms with E-state index in [0.29, 0.717) is 31.4 Å². The lowest BCUT2D eigenvalue weighted by Crippen LogP contribution is -2.50. The first kappa shape index (κ1) is 17.5. The Morgan fingerprint density at radius 3 is 2.65 bits per heavy atom. The monoisotopic (exact) mass is 361 g/mol. The van der Waals surface area contributed by atoms with Crippen LogP contribution < -0.4 is 0 Å². The Hall–Kier alpha value is -1.93. The molecule has 0 bridgehead atoms. The van der Waals surface area contributed by atoms with Crippen molar-refractivity contribution >= 4 is 11.8 Å². The van der Waals surface area contributed by atoms with Crippen molar-refractivity contribution in [1.29, 1.82) is 0 Å². The van der Waals surface area contributed by atoms with E-state index in [1.165, 1.54) is 0 Å². The second-order valence-electron chi connectivity index (χ2n) is 7.85. The average molecular weight is 361 g/mol. The first-order valence-electron chi connectivity index (χ1n) is 9.47. The predicted octanol–water partition coefficient (Wildman–Crippen LogP) is 0.430. The molecule has 8 heteroatoms. The normalized spacial score (nSPS) is 25.1. The van der Waals surface area contributed by atoms with E-state index in [-0.39, 0.29) is 17.9 Å². The molecule has 2 saturated heterocycles. The van der Waals surface area contributed by atoms with Crippen molar-refractivity contribution in [2.45, 2.75) is 31.7 Å². The maximum atomic E-state index is 12.8. The molecule has 1 unspecified atom stereocenters. The summed E-state index contributed by atoms with van der Waals surface area (Å²) in [5, 5.41) is 3.96. The van der Waals surface area contributed by atoms with Gasteiger partial charge in [0.2, 0.25) is 5.91 Å². The number of carbonyl (C=O) groups is 2. The topological polar surface area (TPSA) is 73.1 Å². The molecule has 0 spiro atoms. The first-order valence-corrected chi connectivity index (χ1v) is 9.47. The number of nitrogens with zero attached hydrogens (tertiary/aromatic N) is 5. The van der Waals surface area contributed by atoms with Gasteiger partial charge in [-0.1, -0.05) is 5.16 Å². The third kappa shape index (κ3) is 3.61. The zero-order valence-corrected chi connectivity index (χ0v) is 15.6. The molecule has 1 aliphatic carbocycles. The van der Waals surface area contributed by atoms with Crippen molar-refractivity contribution < 1.29 is 14.1 Å². The lowest BCUT2D eigenvalue weighted by molar-refractivity contribution is -0.133. The van der Waals surface area contributed by atoms with E-state index < -0.39 is 0 Å². The van der Waals surface area contributed by atoms with Crippen molar-refractivity contribution in [3.05, 3.63) is 17.5 Å². The minimum Gasteiger partial charge on any atom is -0.360 e. The molecule has 1 saturated carbocycles. The van der Waals surface area contributed by atoms with Gasteiger partial charge in [-0.15, -0.1) is 0 Å². The summed E-state index contributed by atoms with van der Waals surface area (Å²) < 4.78 is 5.31. The molecule has 8 nitrogen and oxygen atoms in total. The summed E-state index contributed by atoms with van der Waals surface area (Å²) >= 11 is 0. The van der Waals surface area contributed by atoms with E-state index in [1.807, 2.05) is 16.7 Å². The summed E-state index contributed by atoms with van der Waals surface area (Å²) in [5.74, 6) is 1.31. The molecule has 2 amide bonds. The summed E-state index contributed by atoms with van der Waals surface area (Å²) in [6.07, 6.45) is 2.23. The molecule has 0 radical (unpaired) electrons. The molecule has 142 valence electrons. The van der Waals surface area contributed by atoms with E-state index in [4.69, 9.17) is 4.52 Å². The second kappa shape index (κ2) is 7.00. The van der Waals surface area contributed by atoms with E-state index in [2.05, 4.69) is 17.1 Å². The van der Waals surface area contributed by atoms with Gasteiger partial charge in [-0.05, 0) is 26.8 Å². The van der Waals surface area contributed by atoms with Gasteiger partial charge >= 0.3 is 0 Å². The molecule has 3 aliphatic rings. The smallest absolute Gasteiger partial charge is 0.277 e. The minimum atomic E-state index is -0.109. The van der Waals surface area contributed by atoms with Gasteiger partial charge in [-0.25, -0.2) is 0 Å². The van der Waals surface area contributed by atoms with Crippen LogP contribution >= 0.6 is 0 Å². The maximum absolute atomic E-state index is 12.8. The van der Waals surface area contributed by atoms with E-state index in [9.17, 15) is 9.59 Å². The lowest BCUT2D eigenvalue weighted by atomic mass is 10.2. The summed E-state index contributed by atoms with van der Waals surface area (Å²) in [6.45, 7) is 6.95. The molecule has 0 aromatic carbocycles. The minimum absolute atomic E-state index is 0.0591. The highest BCUT2D eigenvalue weighted by Crippen LogP contribution is 2.40. The Morgan fingerprint density at radius 2 is 1.96 bits per heavy atom. The summed E-state index contributed by atoms with van der Waals surface area (Å²) in [4.78, 5) is 33.3. The number of likely N-dealkylation sites (N-methyl/N-ethyl adjacent to an activating group) is 1. The van der Waals surface area contributed by atoms with Gasteiger partial charge in [-0.3, -0.25) is 14.5 Å². The number of rotatable bonds is 4. The van der Waals surface area contributed by atoms with Crippen molar-refractivity contribution in [3.8, 4) is 0 Å². The van der Waals surface area contributed by atoms with E-state index in [0.717, 1.165) is 44.8 Å². The van der Waals surface area contributed by atoms with Crippen LogP contribution in [0.5, 0.6) is 0 Å². The summed E-state index contributed by atoms with van der Waals surface area (Å²) in [5.41, 5.74) is 0.381. The zero-order chi connectivity index (χ0) is 18.3. The second-order valence-corrected chi connectivity index (χ2v) is 7.85. The summed E-state index contributed by atoms with van der Waals surface area (Å²) in [7, 11) is 2.08. The Morgan fingerprint density at radius 1 is 1.23 bits per heavy atom. The molecule has 2 aliphatic heterocycles. The Labute approximate surface area is 153 Å². The molecule has 1 atom stereocenters. The highest BCUT2D eigenvalue weighted by Gasteiger charge is 2.35. The van der Waals surface area contributed by atoms with Crippen LogP contribution in [0.1, 0.15) is 41.9 Å². The van der Waals surface area contributed by atoms with Crippen molar-refractivity contribution in [2.75, 3.05) is 53.0 Å². The number of amides is 2. The van der Waals surface area contributed by atoms with Crippen molar-refractivity contribution in [2.24, 2.45) is 0 Å². The van der Waals surface area contributed by atoms with Crippen LogP contribution in [-0.4, -0.2) is 95.6 Å². The number of hydrogen-bond acceptors (Lipinski definition) is 6. The van der Waals surface area contributed by atoms with Gasteiger partial charge in [-0.2, -0.15) is 0 Å². The van der Waals surface area contributed by atoms with Crippen LogP contribution in [-0.2, 0) is 4.79 Å². The fraction of sp³-hybridized carbons (Fsp3) is 0.722. The molecular formula is C18H27N5O3. The highest BCUT2D eigenvalue weighted by atomic mass is 16.5. The predicted molar refractivity (Wildman–Crippen MR) is 94.6 cm³/mol. The molecule has 0 N–H and O–H groups in total. The van der Waals surface area contributed by atoms with Gasteiger partial charge in [0.05, 0.1) is 13.2 Å². The highest BCUT2D eigenvalue weighted by molar-refractivity contribution is 5.92. The third-order valence-corrected chi connectivity index (χ3v) is 5.61. The quantitative estimate of drug-likeness (QED) is 0.774. The van der Waals surface area contributed by atoms with Gasteiger partial charge in [0.15, 0.2) is 5.69 Å². The number of hydrogen-bond donors (Lipinski definition) is 0. The Bertz CT molecular complexity index is 678. The first-order chi connectivity index (χ1) is 12.5. The summed E-state index contributed by atoms with van der Waals surface area (Å²) in [6, 6.07) is 1.84. The fourth-order valence-corrected chi connectivity index (χ4v) is 3.71. The van der Waals surface area contributed by atoms with Gasteiger partial charge in [0.1, 0.15) is 5.76 Å². The number of carbonyl (C=O) groups excluding carboxylic acids is 2. The van der Waals surface area contributed by atoms with Crippen LogP contribution in [0.4, 0.5) is 0 Å². The number of aromatic nitrogens is 1. The Kier molecular flexibility index (Phi) is 4.71. The molecule has 4 rings (SSSR count). The molecule has 1 aromatic rings. The van der Waals surface area contributed by atoms with Crippen molar-refractivity contribution in [3.63, 3.8) is 0 Å². The van der Waals surface area contributed by atoms with E-state index in [1.54, 1.807) is 11.0 Å². The van der Waals surface area contributed by atoms with E-state index >= 15 is 0 Å².